The fourth-order valence-electron chi connectivity index (χ4n) is 4.40. The van der Waals surface area contributed by atoms with Gasteiger partial charge in [0.2, 0.25) is 0 Å². The number of halogens is 4. The molecule has 0 saturated heterocycles. The Morgan fingerprint density at radius 2 is 1.88 bits per heavy atom. The van der Waals surface area contributed by atoms with E-state index < -0.39 is 18.7 Å². The lowest BCUT2D eigenvalue weighted by Crippen LogP contribution is -2.26. The Balaban J connectivity index is 1.45. The van der Waals surface area contributed by atoms with E-state index in [-0.39, 0.29) is 34.5 Å². The first kappa shape index (κ1) is 28.5. The molecule has 0 spiro atoms. The molecule has 0 N–H and O–H groups in total. The molecular formula is C29H23Cl2F2N3O5. The van der Waals surface area contributed by atoms with Crippen LogP contribution in [0.25, 0.3) is 10.9 Å². The molecule has 8 nitrogen and oxygen atoms in total. The second-order valence-electron chi connectivity index (χ2n) is 9.64. The van der Waals surface area contributed by atoms with Crippen LogP contribution >= 0.6 is 23.2 Å². The fourth-order valence-corrected chi connectivity index (χ4v) is 5.00. The van der Waals surface area contributed by atoms with Gasteiger partial charge in [-0.3, -0.25) is 4.79 Å². The van der Waals surface area contributed by atoms with E-state index in [1.807, 2.05) is 0 Å². The molecule has 0 bridgehead atoms. The average Bonchev–Trinajstić information content (AvgIpc) is 3.68. The fraction of sp³-hybridized carbons (Fsp3) is 0.276. The van der Waals surface area contributed by atoms with Crippen molar-refractivity contribution in [3.63, 3.8) is 0 Å². The van der Waals surface area contributed by atoms with Crippen LogP contribution in [0.5, 0.6) is 11.5 Å². The van der Waals surface area contributed by atoms with Gasteiger partial charge in [-0.1, -0.05) is 29.3 Å². The third-order valence-corrected chi connectivity index (χ3v) is 7.30. The van der Waals surface area contributed by atoms with Gasteiger partial charge in [0.05, 0.1) is 18.2 Å². The van der Waals surface area contributed by atoms with Gasteiger partial charge in [-0.15, -0.1) is 0 Å². The van der Waals surface area contributed by atoms with Gasteiger partial charge >= 0.3 is 12.6 Å². The van der Waals surface area contributed by atoms with Gasteiger partial charge in [0, 0.05) is 29.1 Å². The number of benzene rings is 2. The Morgan fingerprint density at radius 3 is 2.56 bits per heavy atom. The molecule has 5 rings (SSSR count). The summed E-state index contributed by atoms with van der Waals surface area (Å²) < 4.78 is 44.6. The minimum Gasteiger partial charge on any atom is -0.619 e. The second-order valence-corrected chi connectivity index (χ2v) is 10.5. The van der Waals surface area contributed by atoms with Crippen LogP contribution in [0, 0.1) is 22.5 Å². The average molecular weight is 602 g/mol. The van der Waals surface area contributed by atoms with Crippen LogP contribution in [0.1, 0.15) is 35.6 Å². The van der Waals surface area contributed by atoms with E-state index in [1.54, 1.807) is 35.0 Å². The van der Waals surface area contributed by atoms with Crippen molar-refractivity contribution < 1.29 is 32.5 Å². The van der Waals surface area contributed by atoms with Crippen molar-refractivity contribution >= 4 is 40.1 Å². The number of carbonyl (C=O) groups excluding carboxylic acids is 1. The third kappa shape index (κ3) is 6.99. The highest BCUT2D eigenvalue weighted by Crippen LogP contribution is 2.38. The molecule has 41 heavy (non-hydrogen) atoms. The zero-order chi connectivity index (χ0) is 29.1. The van der Waals surface area contributed by atoms with Gasteiger partial charge in [-0.25, -0.2) is 0 Å². The molecule has 0 unspecified atom stereocenters. The van der Waals surface area contributed by atoms with Crippen molar-refractivity contribution in [2.75, 3.05) is 6.61 Å². The number of esters is 1. The molecule has 1 saturated carbocycles. The second kappa shape index (κ2) is 12.2. The van der Waals surface area contributed by atoms with E-state index in [4.69, 9.17) is 37.9 Å². The minimum absolute atomic E-state index is 0.0146. The van der Waals surface area contributed by atoms with Gasteiger partial charge in [0.25, 0.3) is 0 Å². The molecule has 1 fully saturated rings. The topological polar surface area (TPSA) is 100 Å². The number of ether oxygens (including phenoxy) is 3. The zero-order valence-corrected chi connectivity index (χ0v) is 22.9. The Bertz CT molecular complexity index is 1610. The van der Waals surface area contributed by atoms with Gasteiger partial charge in [0.15, 0.2) is 23.9 Å². The lowest BCUT2D eigenvalue weighted by Gasteiger charge is -2.21. The number of carbonyl (C=O) groups is 1. The van der Waals surface area contributed by atoms with Crippen LogP contribution in [0.3, 0.4) is 0 Å². The molecule has 2 heterocycles. The maximum Gasteiger partial charge on any atom is 0.387 e. The van der Waals surface area contributed by atoms with Gasteiger partial charge in [-0.2, -0.15) is 18.8 Å². The molecule has 2 aromatic carbocycles. The lowest BCUT2D eigenvalue weighted by atomic mass is 10.0. The molecule has 12 heteroatoms. The van der Waals surface area contributed by atoms with Crippen molar-refractivity contribution in [1.29, 1.82) is 5.26 Å². The zero-order valence-electron chi connectivity index (χ0n) is 21.4. The number of alkyl halides is 2. The van der Waals surface area contributed by atoms with Crippen molar-refractivity contribution in [3.8, 4) is 17.6 Å². The number of rotatable bonds is 11. The summed E-state index contributed by atoms with van der Waals surface area (Å²) in [5, 5.41) is 21.9. The molecule has 2 aromatic heterocycles. The van der Waals surface area contributed by atoms with Crippen LogP contribution in [0.15, 0.2) is 61.1 Å². The summed E-state index contributed by atoms with van der Waals surface area (Å²) in [7, 11) is 0. The molecular weight excluding hydrogens is 579 g/mol. The Hall–Kier alpha value is -4.07. The first-order valence-corrected chi connectivity index (χ1v) is 13.4. The summed E-state index contributed by atoms with van der Waals surface area (Å²) in [5.41, 5.74) is 2.01. The van der Waals surface area contributed by atoms with Crippen molar-refractivity contribution in [2.45, 2.75) is 38.5 Å². The molecule has 1 atom stereocenters. The van der Waals surface area contributed by atoms with Crippen molar-refractivity contribution in [3.05, 3.63) is 93.0 Å². The van der Waals surface area contributed by atoms with E-state index in [2.05, 4.69) is 10.8 Å². The largest absolute Gasteiger partial charge is 0.619 e. The van der Waals surface area contributed by atoms with Crippen LogP contribution in [-0.4, -0.2) is 23.8 Å². The summed E-state index contributed by atoms with van der Waals surface area (Å²) in [6.07, 6.45) is 4.96. The number of hydrogen-bond acceptors (Lipinski definition) is 6. The lowest BCUT2D eigenvalue weighted by molar-refractivity contribution is -0.605. The predicted octanol–water partition coefficient (Wildman–Crippen LogP) is 6.37. The Labute approximate surface area is 243 Å². The van der Waals surface area contributed by atoms with Gasteiger partial charge < -0.3 is 24.0 Å². The molecule has 0 radical (unpaired) electrons. The first-order valence-electron chi connectivity index (χ1n) is 12.7. The summed E-state index contributed by atoms with van der Waals surface area (Å²) in [4.78, 5) is 13.2. The summed E-state index contributed by atoms with van der Waals surface area (Å²) in [5.74, 6) is -0.323. The summed E-state index contributed by atoms with van der Waals surface area (Å²) >= 11 is 12.6. The van der Waals surface area contributed by atoms with E-state index in [0.29, 0.717) is 33.9 Å². The summed E-state index contributed by atoms with van der Waals surface area (Å²) in [6.45, 7) is -2.87. The first-order chi connectivity index (χ1) is 19.7. The minimum atomic E-state index is -3.06. The Morgan fingerprint density at radius 1 is 1.12 bits per heavy atom. The van der Waals surface area contributed by atoms with Crippen LogP contribution < -0.4 is 14.2 Å². The monoisotopic (exact) mass is 601 g/mol. The number of nitriles is 1. The molecule has 0 aliphatic heterocycles. The van der Waals surface area contributed by atoms with Gasteiger partial charge in [-0.05, 0) is 60.7 Å². The summed E-state index contributed by atoms with van der Waals surface area (Å²) in [6, 6.07) is 13.3. The number of pyridine rings is 1. The smallest absolute Gasteiger partial charge is 0.387 e. The molecule has 1 aliphatic carbocycles. The highest BCUT2D eigenvalue weighted by atomic mass is 35.5. The highest BCUT2D eigenvalue weighted by Gasteiger charge is 2.26. The highest BCUT2D eigenvalue weighted by molar-refractivity contribution is 6.35. The molecule has 212 valence electrons. The SMILES string of the molecule is N#Cc1ccc2c(ccn2CC(=O)O[C@@H](Cc2c(Cl)c[n+]([O-])cc2Cl)c2ccc(OC(F)F)c(OCC3CC3)c2)c1. The molecule has 0 amide bonds. The predicted molar refractivity (Wildman–Crippen MR) is 146 cm³/mol. The third-order valence-electron chi connectivity index (χ3n) is 6.65. The quantitative estimate of drug-likeness (QED) is 0.112. The van der Waals surface area contributed by atoms with Crippen LogP contribution in [0.4, 0.5) is 8.78 Å². The number of fused-ring (bicyclic) bond motifs is 1. The van der Waals surface area contributed by atoms with Crippen molar-refractivity contribution in [1.82, 2.24) is 4.57 Å². The van der Waals surface area contributed by atoms with E-state index in [0.717, 1.165) is 36.1 Å². The maximum atomic E-state index is 13.2. The van der Waals surface area contributed by atoms with Crippen LogP contribution in [-0.2, 0) is 22.5 Å². The van der Waals surface area contributed by atoms with Gasteiger partial charge in [0.1, 0.15) is 22.7 Å². The standard InChI is InChI=1S/C29H23Cl2F2N3O5/c30-22-13-36(38)14-23(31)21(22)11-26(20-4-6-25(41-29(32)33)27(10-20)39-16-17-1-2-17)40-28(37)15-35-8-7-19-9-18(12-34)3-5-24(19)35/h3-10,13-14,17,26,29H,1-2,11,15-16H2/t26-/m0/s1. The Kier molecular flexibility index (Phi) is 8.47. The number of aromatic nitrogens is 2. The van der Waals surface area contributed by atoms with Crippen LogP contribution in [0.2, 0.25) is 10.0 Å². The number of hydrogen-bond donors (Lipinski definition) is 0. The van der Waals surface area contributed by atoms with Crippen molar-refractivity contribution in [2.24, 2.45) is 5.92 Å². The normalized spacial score (nSPS) is 13.7. The van der Waals surface area contributed by atoms with E-state index >= 15 is 0 Å². The van der Waals surface area contributed by atoms with E-state index in [9.17, 15) is 18.8 Å². The molecule has 1 aliphatic rings. The number of nitrogens with zero attached hydrogens (tertiary/aromatic N) is 3. The maximum absolute atomic E-state index is 13.2. The molecule has 4 aromatic rings. The van der Waals surface area contributed by atoms with E-state index in [1.165, 1.54) is 18.2 Å².